The summed E-state index contributed by atoms with van der Waals surface area (Å²) in [4.78, 5) is 0. The van der Waals surface area contributed by atoms with E-state index in [0.717, 1.165) is 6.42 Å². The van der Waals surface area contributed by atoms with Gasteiger partial charge >= 0.3 is 6.18 Å². The third-order valence-corrected chi connectivity index (χ3v) is 4.18. The molecule has 2 atom stereocenters. The molecular weight excluding hydrogens is 257 g/mol. The molecule has 1 aliphatic rings. The highest BCUT2D eigenvalue weighted by Gasteiger charge is 2.43. The average molecular weight is 276 g/mol. The van der Waals surface area contributed by atoms with Crippen LogP contribution in [0.3, 0.4) is 0 Å². The Kier molecular flexibility index (Phi) is 3.59. The van der Waals surface area contributed by atoms with E-state index < -0.39 is 17.5 Å². The van der Waals surface area contributed by atoms with Crippen LogP contribution in [-0.4, -0.2) is 27.5 Å². The fourth-order valence-electron chi connectivity index (χ4n) is 2.43. The molecule has 0 fully saturated rings. The lowest BCUT2D eigenvalue weighted by molar-refractivity contribution is -0.182. The van der Waals surface area contributed by atoms with E-state index in [4.69, 9.17) is 5.73 Å². The van der Waals surface area contributed by atoms with Crippen molar-refractivity contribution in [2.24, 2.45) is 11.7 Å². The summed E-state index contributed by atoms with van der Waals surface area (Å²) in [5.74, 6) is -0.0845. The molecule has 0 aliphatic carbocycles. The van der Waals surface area contributed by atoms with E-state index >= 15 is 0 Å². The monoisotopic (exact) mass is 276 g/mol. The molecule has 0 amide bonds. The largest absolute Gasteiger partial charge is 0.393 e. The summed E-state index contributed by atoms with van der Waals surface area (Å²) in [6, 6.07) is 0. The standard InChI is InChI=1S/C12H19F3N4/c1-3-11(2,7-16)10-18-17-9-5-4-8(6-19(9)10)12(13,14)15/h8H,3-7,16H2,1-2H3. The van der Waals surface area contributed by atoms with Crippen LogP contribution >= 0.6 is 0 Å². The number of hydrogen-bond acceptors (Lipinski definition) is 3. The van der Waals surface area contributed by atoms with Crippen molar-refractivity contribution in [3.8, 4) is 0 Å². The lowest BCUT2D eigenvalue weighted by Gasteiger charge is -2.31. The summed E-state index contributed by atoms with van der Waals surface area (Å²) < 4.78 is 40.2. The molecule has 0 radical (unpaired) electrons. The molecule has 0 saturated heterocycles. The highest BCUT2D eigenvalue weighted by Crippen LogP contribution is 2.36. The predicted molar refractivity (Wildman–Crippen MR) is 64.6 cm³/mol. The van der Waals surface area contributed by atoms with Gasteiger partial charge in [-0.25, -0.2) is 0 Å². The van der Waals surface area contributed by atoms with Gasteiger partial charge in [-0.2, -0.15) is 13.2 Å². The topological polar surface area (TPSA) is 56.7 Å². The van der Waals surface area contributed by atoms with E-state index in [0.29, 0.717) is 24.6 Å². The minimum Gasteiger partial charge on any atom is -0.329 e. The van der Waals surface area contributed by atoms with E-state index in [1.165, 1.54) is 0 Å². The van der Waals surface area contributed by atoms with Gasteiger partial charge in [0.2, 0.25) is 0 Å². The van der Waals surface area contributed by atoms with Gasteiger partial charge in [-0.1, -0.05) is 13.8 Å². The van der Waals surface area contributed by atoms with E-state index in [1.54, 1.807) is 4.57 Å². The number of rotatable bonds is 3. The zero-order chi connectivity index (χ0) is 14.3. The van der Waals surface area contributed by atoms with Gasteiger partial charge in [0.15, 0.2) is 0 Å². The zero-order valence-electron chi connectivity index (χ0n) is 11.2. The number of alkyl halides is 3. The first kappa shape index (κ1) is 14.3. The number of halogens is 3. The van der Waals surface area contributed by atoms with Crippen LogP contribution in [0, 0.1) is 5.92 Å². The number of hydrogen-bond donors (Lipinski definition) is 1. The van der Waals surface area contributed by atoms with Gasteiger partial charge in [0.25, 0.3) is 0 Å². The molecule has 108 valence electrons. The molecule has 2 rings (SSSR count). The number of fused-ring (bicyclic) bond motifs is 1. The Morgan fingerprint density at radius 1 is 1.37 bits per heavy atom. The molecule has 2 unspecified atom stereocenters. The maximum atomic E-state index is 12.9. The first-order valence-electron chi connectivity index (χ1n) is 6.51. The van der Waals surface area contributed by atoms with Crippen molar-refractivity contribution in [1.29, 1.82) is 0 Å². The Hall–Kier alpha value is -1.11. The predicted octanol–water partition coefficient (Wildman–Crippen LogP) is 2.03. The molecule has 19 heavy (non-hydrogen) atoms. The summed E-state index contributed by atoms with van der Waals surface area (Å²) >= 11 is 0. The van der Waals surface area contributed by atoms with Crippen LogP contribution in [0.5, 0.6) is 0 Å². The maximum absolute atomic E-state index is 12.9. The number of nitrogens with zero attached hydrogens (tertiary/aromatic N) is 3. The highest BCUT2D eigenvalue weighted by atomic mass is 19.4. The summed E-state index contributed by atoms with van der Waals surface area (Å²) in [6.07, 6.45) is -3.03. The molecule has 1 aromatic rings. The van der Waals surface area contributed by atoms with Gasteiger partial charge in [-0.15, -0.1) is 10.2 Å². The molecule has 2 N–H and O–H groups in total. The van der Waals surface area contributed by atoms with Crippen molar-refractivity contribution < 1.29 is 13.2 Å². The molecule has 7 heteroatoms. The number of aryl methyl sites for hydroxylation is 1. The Morgan fingerprint density at radius 3 is 2.58 bits per heavy atom. The molecule has 0 aromatic carbocycles. The highest BCUT2D eigenvalue weighted by molar-refractivity contribution is 5.12. The SMILES string of the molecule is CCC(C)(CN)c1nnc2n1CC(C(F)(F)F)CC2. The third-order valence-electron chi connectivity index (χ3n) is 4.18. The molecule has 0 spiro atoms. The first-order valence-corrected chi connectivity index (χ1v) is 6.51. The van der Waals surface area contributed by atoms with Gasteiger partial charge in [-0.05, 0) is 12.8 Å². The summed E-state index contributed by atoms with van der Waals surface area (Å²) in [5.41, 5.74) is 5.34. The van der Waals surface area contributed by atoms with Crippen molar-refractivity contribution >= 4 is 0 Å². The normalized spacial score (nSPS) is 22.9. The molecular formula is C12H19F3N4. The second kappa shape index (κ2) is 4.77. The number of nitrogens with two attached hydrogens (primary N) is 1. The van der Waals surface area contributed by atoms with Crippen molar-refractivity contribution in [3.05, 3.63) is 11.6 Å². The lowest BCUT2D eigenvalue weighted by atomic mass is 9.86. The van der Waals surface area contributed by atoms with Gasteiger partial charge in [0.05, 0.1) is 5.92 Å². The third kappa shape index (κ3) is 2.48. The van der Waals surface area contributed by atoms with Gasteiger partial charge in [0.1, 0.15) is 11.6 Å². The van der Waals surface area contributed by atoms with Gasteiger partial charge in [0, 0.05) is 24.9 Å². The maximum Gasteiger partial charge on any atom is 0.393 e. The average Bonchev–Trinajstić information content (AvgIpc) is 2.80. The molecule has 1 aliphatic heterocycles. The minimum atomic E-state index is -4.16. The fourth-order valence-corrected chi connectivity index (χ4v) is 2.43. The number of aromatic nitrogens is 3. The fraction of sp³-hybridized carbons (Fsp3) is 0.833. The Bertz CT molecular complexity index is 448. The zero-order valence-corrected chi connectivity index (χ0v) is 11.2. The van der Waals surface area contributed by atoms with Crippen molar-refractivity contribution in [1.82, 2.24) is 14.8 Å². The van der Waals surface area contributed by atoms with Crippen LogP contribution in [0.4, 0.5) is 13.2 Å². The van der Waals surface area contributed by atoms with E-state index in [9.17, 15) is 13.2 Å². The van der Waals surface area contributed by atoms with Crippen LogP contribution in [0.2, 0.25) is 0 Å². The van der Waals surface area contributed by atoms with Gasteiger partial charge < -0.3 is 10.3 Å². The van der Waals surface area contributed by atoms with Crippen molar-refractivity contribution in [2.75, 3.05) is 6.54 Å². The van der Waals surface area contributed by atoms with E-state index in [-0.39, 0.29) is 13.0 Å². The molecule has 4 nitrogen and oxygen atoms in total. The quantitative estimate of drug-likeness (QED) is 0.919. The Morgan fingerprint density at radius 2 is 2.05 bits per heavy atom. The minimum absolute atomic E-state index is 0.0866. The summed E-state index contributed by atoms with van der Waals surface area (Å²) in [6.45, 7) is 4.13. The Labute approximate surface area is 110 Å². The van der Waals surface area contributed by atoms with Crippen molar-refractivity contribution in [3.63, 3.8) is 0 Å². The first-order chi connectivity index (χ1) is 8.81. The molecule has 0 bridgehead atoms. The second-order valence-electron chi connectivity index (χ2n) is 5.45. The van der Waals surface area contributed by atoms with E-state index in [2.05, 4.69) is 10.2 Å². The van der Waals surface area contributed by atoms with Crippen LogP contribution in [-0.2, 0) is 18.4 Å². The Balaban J connectivity index is 2.35. The van der Waals surface area contributed by atoms with Crippen LogP contribution in [0.15, 0.2) is 0 Å². The summed E-state index contributed by atoms with van der Waals surface area (Å²) in [5, 5.41) is 8.12. The van der Waals surface area contributed by atoms with Gasteiger partial charge in [-0.3, -0.25) is 0 Å². The molecule has 1 aromatic heterocycles. The lowest BCUT2D eigenvalue weighted by Crippen LogP contribution is -2.38. The second-order valence-corrected chi connectivity index (χ2v) is 5.45. The molecule has 0 saturated carbocycles. The smallest absolute Gasteiger partial charge is 0.329 e. The van der Waals surface area contributed by atoms with Crippen LogP contribution in [0.1, 0.15) is 38.3 Å². The van der Waals surface area contributed by atoms with Crippen LogP contribution in [0.25, 0.3) is 0 Å². The molecule has 2 heterocycles. The van der Waals surface area contributed by atoms with Crippen molar-refractivity contribution in [2.45, 2.75) is 51.2 Å². The summed E-state index contributed by atoms with van der Waals surface area (Å²) in [7, 11) is 0. The van der Waals surface area contributed by atoms with E-state index in [1.807, 2.05) is 13.8 Å². The van der Waals surface area contributed by atoms with Crippen LogP contribution < -0.4 is 5.73 Å².